The standard InChI is InChI=1S/C22H23F2N5O3/c23-22(24)10-15(11-22)19(30)27-8-6-21(32,7-9-27)13-28-14-25-18-17(20(28)31)12-26-29(18)16-4-2-1-3-5-16/h1-5,12,14-15,32H,6-11,13H2. The molecule has 2 aromatic heterocycles. The number of para-hydroxylation sites is 1. The second-order valence-corrected chi connectivity index (χ2v) is 8.82. The van der Waals surface area contributed by atoms with Crippen molar-refractivity contribution in [1.82, 2.24) is 24.2 Å². The van der Waals surface area contributed by atoms with Crippen molar-refractivity contribution < 1.29 is 18.7 Å². The van der Waals surface area contributed by atoms with Crippen molar-refractivity contribution in [2.24, 2.45) is 5.92 Å². The molecule has 1 aromatic carbocycles. The molecule has 1 saturated heterocycles. The number of piperidine rings is 1. The van der Waals surface area contributed by atoms with Gasteiger partial charge in [0.05, 0.1) is 24.0 Å². The van der Waals surface area contributed by atoms with Gasteiger partial charge in [-0.05, 0) is 25.0 Å². The van der Waals surface area contributed by atoms with Crippen molar-refractivity contribution in [3.63, 3.8) is 0 Å². The molecule has 1 aliphatic carbocycles. The van der Waals surface area contributed by atoms with Gasteiger partial charge in [0.15, 0.2) is 5.65 Å². The summed E-state index contributed by atoms with van der Waals surface area (Å²) in [5, 5.41) is 15.7. The third-order valence-electron chi connectivity index (χ3n) is 6.47. The topological polar surface area (TPSA) is 93.2 Å². The Kier molecular flexibility index (Phi) is 4.85. The van der Waals surface area contributed by atoms with Crippen LogP contribution in [0.2, 0.25) is 0 Å². The lowest BCUT2D eigenvalue weighted by atomic mass is 9.79. The first-order chi connectivity index (χ1) is 15.2. The Labute approximate surface area is 182 Å². The van der Waals surface area contributed by atoms with Gasteiger partial charge in [-0.25, -0.2) is 18.4 Å². The molecule has 10 heteroatoms. The van der Waals surface area contributed by atoms with E-state index in [0.29, 0.717) is 11.0 Å². The molecule has 3 heterocycles. The van der Waals surface area contributed by atoms with Crippen LogP contribution in [0.15, 0.2) is 47.7 Å². The second-order valence-electron chi connectivity index (χ2n) is 8.82. The molecule has 0 atom stereocenters. The maximum absolute atomic E-state index is 13.1. The van der Waals surface area contributed by atoms with Crippen molar-refractivity contribution in [2.45, 2.75) is 43.8 Å². The van der Waals surface area contributed by atoms with Gasteiger partial charge in [0, 0.05) is 31.8 Å². The summed E-state index contributed by atoms with van der Waals surface area (Å²) < 4.78 is 29.1. The molecular formula is C22H23F2N5O3. The molecule has 1 aliphatic heterocycles. The van der Waals surface area contributed by atoms with Crippen LogP contribution in [0.4, 0.5) is 8.78 Å². The highest BCUT2D eigenvalue weighted by atomic mass is 19.3. The molecular weight excluding hydrogens is 420 g/mol. The molecule has 5 rings (SSSR count). The van der Waals surface area contributed by atoms with Gasteiger partial charge < -0.3 is 10.0 Å². The van der Waals surface area contributed by atoms with Crippen molar-refractivity contribution in [3.8, 4) is 5.69 Å². The van der Waals surface area contributed by atoms with Gasteiger partial charge in [-0.3, -0.25) is 14.2 Å². The number of aromatic nitrogens is 4. The van der Waals surface area contributed by atoms with Gasteiger partial charge in [-0.2, -0.15) is 5.10 Å². The lowest BCUT2D eigenvalue weighted by molar-refractivity contribution is -0.163. The number of aliphatic hydroxyl groups is 1. The number of carbonyl (C=O) groups excluding carboxylic acids is 1. The van der Waals surface area contributed by atoms with Crippen LogP contribution in [0.5, 0.6) is 0 Å². The van der Waals surface area contributed by atoms with Gasteiger partial charge >= 0.3 is 0 Å². The number of halogens is 2. The zero-order valence-corrected chi connectivity index (χ0v) is 17.3. The Hall–Kier alpha value is -3.14. The summed E-state index contributed by atoms with van der Waals surface area (Å²) in [6, 6.07) is 9.35. The Morgan fingerprint density at radius 1 is 1.16 bits per heavy atom. The highest BCUT2D eigenvalue weighted by Crippen LogP contribution is 2.43. The van der Waals surface area contributed by atoms with Crippen molar-refractivity contribution >= 4 is 16.9 Å². The maximum atomic E-state index is 13.1. The van der Waals surface area contributed by atoms with Crippen molar-refractivity contribution in [2.75, 3.05) is 13.1 Å². The smallest absolute Gasteiger partial charge is 0.264 e. The molecule has 0 spiro atoms. The van der Waals surface area contributed by atoms with Crippen LogP contribution in [0.3, 0.4) is 0 Å². The highest BCUT2D eigenvalue weighted by molar-refractivity contribution is 5.80. The summed E-state index contributed by atoms with van der Waals surface area (Å²) in [6.07, 6.45) is 2.59. The minimum Gasteiger partial charge on any atom is -0.388 e. The minimum atomic E-state index is -2.74. The van der Waals surface area contributed by atoms with Crippen molar-refractivity contribution in [1.29, 1.82) is 0 Å². The average Bonchev–Trinajstić information content (AvgIpc) is 3.19. The molecule has 1 saturated carbocycles. The summed E-state index contributed by atoms with van der Waals surface area (Å²) >= 11 is 0. The number of fused-ring (bicyclic) bond motifs is 1. The molecule has 168 valence electrons. The number of alkyl halides is 2. The largest absolute Gasteiger partial charge is 0.388 e. The average molecular weight is 443 g/mol. The molecule has 2 aliphatic rings. The molecule has 2 fully saturated rings. The van der Waals surface area contributed by atoms with Crippen LogP contribution in [-0.2, 0) is 11.3 Å². The number of carbonyl (C=O) groups is 1. The molecule has 0 radical (unpaired) electrons. The fraction of sp³-hybridized carbons (Fsp3) is 0.455. The predicted octanol–water partition coefficient (Wildman–Crippen LogP) is 1.98. The SMILES string of the molecule is O=C(C1CC(F)(F)C1)N1CCC(O)(Cn2cnc3c(cnn3-c3ccccc3)c2=O)CC1. The lowest BCUT2D eigenvalue weighted by Gasteiger charge is -2.42. The molecule has 0 unspecified atom stereocenters. The molecule has 1 N–H and O–H groups in total. The van der Waals surface area contributed by atoms with E-state index in [1.54, 1.807) is 9.58 Å². The molecule has 1 amide bonds. The first-order valence-electron chi connectivity index (χ1n) is 10.6. The summed E-state index contributed by atoms with van der Waals surface area (Å²) in [7, 11) is 0. The third-order valence-corrected chi connectivity index (χ3v) is 6.47. The van der Waals surface area contributed by atoms with Crippen molar-refractivity contribution in [3.05, 3.63) is 53.2 Å². The first-order valence-corrected chi connectivity index (χ1v) is 10.6. The quantitative estimate of drug-likeness (QED) is 0.666. The van der Waals surface area contributed by atoms with Crippen LogP contribution in [-0.4, -0.2) is 59.9 Å². The summed E-state index contributed by atoms with van der Waals surface area (Å²) in [4.78, 5) is 31.3. The zero-order valence-electron chi connectivity index (χ0n) is 17.3. The normalized spacial score (nSPS) is 20.3. The number of benzene rings is 1. The van der Waals surface area contributed by atoms with Crippen LogP contribution in [0, 0.1) is 5.92 Å². The van der Waals surface area contributed by atoms with E-state index in [0.717, 1.165) is 5.69 Å². The summed E-state index contributed by atoms with van der Waals surface area (Å²) in [6.45, 7) is 0.580. The molecule has 32 heavy (non-hydrogen) atoms. The van der Waals surface area contributed by atoms with Gasteiger partial charge in [0.2, 0.25) is 11.8 Å². The van der Waals surface area contributed by atoms with E-state index >= 15 is 0 Å². The fourth-order valence-corrected chi connectivity index (χ4v) is 4.53. The summed E-state index contributed by atoms with van der Waals surface area (Å²) in [5.41, 5.74) is -0.274. The second kappa shape index (κ2) is 7.47. The first kappa shape index (κ1) is 20.7. The van der Waals surface area contributed by atoms with E-state index < -0.39 is 30.3 Å². The monoisotopic (exact) mass is 443 g/mol. The number of rotatable bonds is 4. The number of likely N-dealkylation sites (tertiary alicyclic amines) is 1. The van der Waals surface area contributed by atoms with E-state index in [1.807, 2.05) is 30.3 Å². The van der Waals surface area contributed by atoms with E-state index in [2.05, 4.69) is 10.1 Å². The van der Waals surface area contributed by atoms with E-state index in [9.17, 15) is 23.5 Å². The maximum Gasteiger partial charge on any atom is 0.264 e. The van der Waals surface area contributed by atoms with Crippen LogP contribution < -0.4 is 5.56 Å². The molecule has 3 aromatic rings. The van der Waals surface area contributed by atoms with E-state index in [4.69, 9.17) is 0 Å². The van der Waals surface area contributed by atoms with E-state index in [-0.39, 0.29) is 43.9 Å². The van der Waals surface area contributed by atoms with Gasteiger partial charge in [-0.15, -0.1) is 0 Å². The number of amides is 1. The van der Waals surface area contributed by atoms with Gasteiger partial charge in [0.25, 0.3) is 5.56 Å². The van der Waals surface area contributed by atoms with Crippen LogP contribution >= 0.6 is 0 Å². The minimum absolute atomic E-state index is 0.0365. The fourth-order valence-electron chi connectivity index (χ4n) is 4.53. The predicted molar refractivity (Wildman–Crippen MR) is 112 cm³/mol. The Morgan fingerprint density at radius 3 is 2.50 bits per heavy atom. The Balaban J connectivity index is 1.29. The molecule has 8 nitrogen and oxygen atoms in total. The van der Waals surface area contributed by atoms with Crippen LogP contribution in [0.25, 0.3) is 16.7 Å². The number of hydrogen-bond donors (Lipinski definition) is 1. The van der Waals surface area contributed by atoms with Gasteiger partial charge in [-0.1, -0.05) is 18.2 Å². The van der Waals surface area contributed by atoms with Gasteiger partial charge in [0.1, 0.15) is 11.7 Å². The third kappa shape index (κ3) is 3.68. The molecule has 0 bridgehead atoms. The Morgan fingerprint density at radius 2 is 1.84 bits per heavy atom. The Bertz CT molecular complexity index is 1210. The van der Waals surface area contributed by atoms with E-state index in [1.165, 1.54) is 17.1 Å². The summed E-state index contributed by atoms with van der Waals surface area (Å²) in [5.74, 6) is -3.64. The zero-order chi connectivity index (χ0) is 22.5. The highest BCUT2D eigenvalue weighted by Gasteiger charge is 2.50. The number of nitrogens with zero attached hydrogens (tertiary/aromatic N) is 5. The lowest BCUT2D eigenvalue weighted by Crippen LogP contribution is -2.53. The number of hydrogen-bond acceptors (Lipinski definition) is 5. The van der Waals surface area contributed by atoms with Crippen LogP contribution in [0.1, 0.15) is 25.7 Å².